The van der Waals surface area contributed by atoms with Crippen LogP contribution in [0.4, 0.5) is 0 Å². The van der Waals surface area contributed by atoms with Crippen LogP contribution in [-0.2, 0) is 35.2 Å². The normalized spacial score (nSPS) is 20.6. The fraction of sp³-hybridized carbons (Fsp3) is 0.548. The summed E-state index contributed by atoms with van der Waals surface area (Å²) in [4.78, 5) is 85.6. The first-order valence-electron chi connectivity index (χ1n) is 15.5. The molecule has 0 unspecified atom stereocenters. The van der Waals surface area contributed by atoms with E-state index in [-0.39, 0.29) is 50.7 Å². The summed E-state index contributed by atoms with van der Waals surface area (Å²) in [6, 6.07) is 4.94. The Labute approximate surface area is 269 Å². The zero-order valence-corrected chi connectivity index (χ0v) is 26.7. The molecule has 0 aliphatic carbocycles. The number of nitrogens with one attached hydrogen (secondary N) is 5. The van der Waals surface area contributed by atoms with Gasteiger partial charge in [0.25, 0.3) is 5.91 Å². The van der Waals surface area contributed by atoms with Crippen LogP contribution in [0.5, 0.6) is 0 Å². The van der Waals surface area contributed by atoms with Crippen LogP contribution in [0, 0.1) is 5.92 Å². The van der Waals surface area contributed by atoms with Crippen molar-refractivity contribution in [2.24, 2.45) is 27.4 Å². The third kappa shape index (κ3) is 14.3. The molecule has 15 nitrogen and oxygen atoms in total. The van der Waals surface area contributed by atoms with Gasteiger partial charge in [-0.05, 0) is 50.0 Å². The standard InChI is InChI=1S/C31H47N9O6/c1-19(2)16-24-30(46)40-25(17-21-10-5-4-6-11-21)27(43)36-18-26(42)34-14-8-7-12-23(29(45)39-24)38-28(44)22(37-20(3)41)13-9-15-35-31(32)33/h4-6,10-11,14,19,22-25H,7-9,12-13,15-18H2,1-3H3,(H,36,43)(H,37,41)(H,38,44)(H,39,45)(H,40,46)(H4,32,33,35)/t22-,23-,24-,25-/m0/s1. The van der Waals surface area contributed by atoms with Crippen molar-refractivity contribution in [2.45, 2.75) is 89.9 Å². The van der Waals surface area contributed by atoms with Gasteiger partial charge in [-0.15, -0.1) is 0 Å². The van der Waals surface area contributed by atoms with E-state index in [0.29, 0.717) is 19.3 Å². The average molecular weight is 642 g/mol. The summed E-state index contributed by atoms with van der Waals surface area (Å²) in [5.41, 5.74) is 11.5. The second kappa shape index (κ2) is 19.5. The molecule has 1 aromatic carbocycles. The van der Waals surface area contributed by atoms with Gasteiger partial charge in [0.1, 0.15) is 24.2 Å². The highest BCUT2D eigenvalue weighted by atomic mass is 16.2. The largest absolute Gasteiger partial charge is 0.370 e. The Morgan fingerprint density at radius 2 is 1.72 bits per heavy atom. The second-order valence-electron chi connectivity index (χ2n) is 11.6. The van der Waals surface area contributed by atoms with Crippen molar-refractivity contribution in [1.82, 2.24) is 26.6 Å². The summed E-state index contributed by atoms with van der Waals surface area (Å²) >= 11 is 0. The van der Waals surface area contributed by atoms with E-state index < -0.39 is 59.6 Å². The summed E-state index contributed by atoms with van der Waals surface area (Å²) in [6.45, 7) is 4.93. The topological polar surface area (TPSA) is 239 Å². The van der Waals surface area contributed by atoms with Crippen LogP contribution >= 0.6 is 0 Å². The SMILES string of the molecule is CC(=O)N[C@@H](CCCN=C(N)N)C(=O)N[C@H]1CCCC=NC(=O)CNC(=O)[C@H](Cc2ccccc2)NC(=O)[C@H](CC(C)C)NC1=O. The minimum atomic E-state index is -1.08. The van der Waals surface area contributed by atoms with Crippen molar-refractivity contribution < 1.29 is 28.8 Å². The number of hydrogen-bond donors (Lipinski definition) is 7. The molecular weight excluding hydrogens is 594 g/mol. The van der Waals surface area contributed by atoms with Gasteiger partial charge in [0.15, 0.2) is 5.96 Å². The Morgan fingerprint density at radius 3 is 2.37 bits per heavy atom. The molecule has 252 valence electrons. The molecule has 15 heteroatoms. The maximum absolute atomic E-state index is 13.6. The maximum Gasteiger partial charge on any atom is 0.264 e. The summed E-state index contributed by atoms with van der Waals surface area (Å²) in [5.74, 6) is -3.49. The smallest absolute Gasteiger partial charge is 0.264 e. The van der Waals surface area contributed by atoms with E-state index in [2.05, 4.69) is 36.6 Å². The Kier molecular flexibility index (Phi) is 15.9. The van der Waals surface area contributed by atoms with Gasteiger partial charge in [0.05, 0.1) is 6.54 Å². The molecule has 0 aromatic heterocycles. The molecule has 0 radical (unpaired) electrons. The molecule has 1 aromatic rings. The number of aliphatic imine (C=N–C) groups is 2. The van der Waals surface area contributed by atoms with Gasteiger partial charge in [-0.1, -0.05) is 44.2 Å². The van der Waals surface area contributed by atoms with Crippen LogP contribution < -0.4 is 38.1 Å². The molecule has 46 heavy (non-hydrogen) atoms. The van der Waals surface area contributed by atoms with Gasteiger partial charge in [-0.2, -0.15) is 0 Å². The van der Waals surface area contributed by atoms with E-state index in [1.54, 1.807) is 12.1 Å². The van der Waals surface area contributed by atoms with Crippen LogP contribution in [0.1, 0.15) is 64.9 Å². The van der Waals surface area contributed by atoms with Crippen LogP contribution in [0.2, 0.25) is 0 Å². The zero-order valence-electron chi connectivity index (χ0n) is 26.7. The molecule has 2 rings (SSSR count). The lowest BCUT2D eigenvalue weighted by molar-refractivity contribution is -0.135. The van der Waals surface area contributed by atoms with Crippen molar-refractivity contribution in [3.8, 4) is 0 Å². The fourth-order valence-electron chi connectivity index (χ4n) is 4.78. The quantitative estimate of drug-likeness (QED) is 0.0913. The summed E-state index contributed by atoms with van der Waals surface area (Å²) in [7, 11) is 0. The molecule has 9 N–H and O–H groups in total. The average Bonchev–Trinajstić information content (AvgIpc) is 2.99. The summed E-state index contributed by atoms with van der Waals surface area (Å²) in [5, 5.41) is 13.4. The second-order valence-corrected chi connectivity index (χ2v) is 11.6. The van der Waals surface area contributed by atoms with E-state index in [9.17, 15) is 28.8 Å². The Bertz CT molecular complexity index is 1260. The van der Waals surface area contributed by atoms with E-state index >= 15 is 0 Å². The van der Waals surface area contributed by atoms with Crippen molar-refractivity contribution in [1.29, 1.82) is 0 Å². The number of guanidine groups is 1. The third-order valence-electron chi connectivity index (χ3n) is 7.00. The lowest BCUT2D eigenvalue weighted by atomic mass is 10.00. The van der Waals surface area contributed by atoms with Gasteiger partial charge in [-0.25, -0.2) is 4.99 Å². The summed E-state index contributed by atoms with van der Waals surface area (Å²) in [6.07, 6.45) is 3.19. The highest BCUT2D eigenvalue weighted by Gasteiger charge is 2.31. The van der Waals surface area contributed by atoms with Crippen LogP contribution in [0.3, 0.4) is 0 Å². The van der Waals surface area contributed by atoms with Gasteiger partial charge < -0.3 is 38.1 Å². The van der Waals surface area contributed by atoms with E-state index in [1.165, 1.54) is 13.1 Å². The molecular formula is C31H47N9O6. The molecule has 0 saturated carbocycles. The molecule has 1 heterocycles. The summed E-state index contributed by atoms with van der Waals surface area (Å²) < 4.78 is 0. The van der Waals surface area contributed by atoms with Crippen LogP contribution in [0.25, 0.3) is 0 Å². The molecule has 4 atom stereocenters. The lowest BCUT2D eigenvalue weighted by Crippen LogP contribution is -2.58. The number of benzene rings is 1. The number of rotatable bonds is 11. The lowest BCUT2D eigenvalue weighted by Gasteiger charge is -2.27. The minimum absolute atomic E-state index is 0.0146. The molecule has 6 amide bonds. The monoisotopic (exact) mass is 641 g/mol. The number of nitrogens with zero attached hydrogens (tertiary/aromatic N) is 2. The molecule has 1 aliphatic heterocycles. The number of nitrogens with two attached hydrogens (primary N) is 2. The first-order chi connectivity index (χ1) is 21.8. The molecule has 0 spiro atoms. The van der Waals surface area contributed by atoms with Gasteiger partial charge in [-0.3, -0.25) is 33.8 Å². The molecule has 1 aliphatic rings. The minimum Gasteiger partial charge on any atom is -0.370 e. The van der Waals surface area contributed by atoms with Crippen molar-refractivity contribution in [2.75, 3.05) is 13.1 Å². The number of carbonyl (C=O) groups excluding carboxylic acids is 6. The number of hydrogen-bond acceptors (Lipinski definition) is 7. The van der Waals surface area contributed by atoms with Gasteiger partial charge in [0, 0.05) is 26.1 Å². The van der Waals surface area contributed by atoms with Gasteiger partial charge >= 0.3 is 0 Å². The molecule has 0 saturated heterocycles. The molecule has 0 bridgehead atoms. The predicted octanol–water partition coefficient (Wildman–Crippen LogP) is -0.815. The van der Waals surface area contributed by atoms with E-state index in [0.717, 1.165) is 5.56 Å². The Morgan fingerprint density at radius 1 is 1.02 bits per heavy atom. The maximum atomic E-state index is 13.6. The fourth-order valence-corrected chi connectivity index (χ4v) is 4.78. The zero-order chi connectivity index (χ0) is 34.1. The highest BCUT2D eigenvalue weighted by Crippen LogP contribution is 2.11. The number of amides is 6. The predicted molar refractivity (Wildman–Crippen MR) is 173 cm³/mol. The van der Waals surface area contributed by atoms with Crippen molar-refractivity contribution >= 4 is 47.6 Å². The van der Waals surface area contributed by atoms with E-state index in [4.69, 9.17) is 11.5 Å². The van der Waals surface area contributed by atoms with Gasteiger partial charge in [0.2, 0.25) is 29.5 Å². The van der Waals surface area contributed by atoms with Crippen LogP contribution in [-0.4, -0.2) is 84.9 Å². The first kappa shape index (κ1) is 37.4. The van der Waals surface area contributed by atoms with E-state index in [1.807, 2.05) is 32.0 Å². The number of carbonyl (C=O) groups is 6. The third-order valence-corrected chi connectivity index (χ3v) is 7.00. The molecule has 0 fully saturated rings. The first-order valence-corrected chi connectivity index (χ1v) is 15.5. The highest BCUT2D eigenvalue weighted by molar-refractivity contribution is 5.96. The van der Waals surface area contributed by atoms with Crippen LogP contribution in [0.15, 0.2) is 40.3 Å². The Balaban J connectivity index is 2.34. The van der Waals surface area contributed by atoms with Crippen molar-refractivity contribution in [3.05, 3.63) is 35.9 Å². The van der Waals surface area contributed by atoms with Crippen molar-refractivity contribution in [3.63, 3.8) is 0 Å². The Hall–Kier alpha value is -4.82.